The van der Waals surface area contributed by atoms with Crippen LogP contribution in [0.1, 0.15) is 10.7 Å². The number of aromatic nitrogens is 3. The number of hydrogen-bond acceptors (Lipinski definition) is 7. The van der Waals surface area contributed by atoms with Gasteiger partial charge < -0.3 is 15.5 Å². The molecule has 3 rings (SSSR count). The van der Waals surface area contributed by atoms with Gasteiger partial charge in [0.25, 0.3) is 0 Å². The van der Waals surface area contributed by atoms with Gasteiger partial charge >= 0.3 is 0 Å². The number of hydrogen-bond donors (Lipinski definition) is 2. The van der Waals surface area contributed by atoms with E-state index in [1.165, 1.54) is 0 Å². The van der Waals surface area contributed by atoms with Crippen LogP contribution in [0.4, 0.5) is 5.95 Å². The molecule has 1 saturated heterocycles. The third-order valence-corrected chi connectivity index (χ3v) is 5.31. The van der Waals surface area contributed by atoms with Crippen LogP contribution in [0.3, 0.4) is 0 Å². The highest BCUT2D eigenvalue weighted by molar-refractivity contribution is 7.09. The van der Waals surface area contributed by atoms with Gasteiger partial charge in [-0.2, -0.15) is 0 Å². The summed E-state index contributed by atoms with van der Waals surface area (Å²) in [4.78, 5) is 22.1. The second-order valence-electron chi connectivity index (χ2n) is 6.41. The Labute approximate surface area is 164 Å². The van der Waals surface area contributed by atoms with E-state index in [0.29, 0.717) is 0 Å². The van der Waals surface area contributed by atoms with Crippen molar-refractivity contribution < 1.29 is 0 Å². The minimum atomic E-state index is 0.829. The fraction of sp³-hybridized carbons (Fsp3) is 0.556. The summed E-state index contributed by atoms with van der Waals surface area (Å²) < 4.78 is 0. The maximum Gasteiger partial charge on any atom is 0.225 e. The van der Waals surface area contributed by atoms with Gasteiger partial charge in [0.15, 0.2) is 5.96 Å². The van der Waals surface area contributed by atoms with Gasteiger partial charge in [-0.1, -0.05) is 0 Å². The van der Waals surface area contributed by atoms with E-state index >= 15 is 0 Å². The van der Waals surface area contributed by atoms with Crippen LogP contribution in [0.15, 0.2) is 28.8 Å². The molecule has 0 bridgehead atoms. The number of aryl methyl sites for hydroxylation is 1. The Bertz CT molecular complexity index is 709. The highest BCUT2D eigenvalue weighted by Gasteiger charge is 2.18. The number of aliphatic imine (C=N–C) groups is 1. The van der Waals surface area contributed by atoms with Crippen LogP contribution in [0.5, 0.6) is 0 Å². The van der Waals surface area contributed by atoms with Crippen molar-refractivity contribution in [1.29, 1.82) is 0 Å². The number of guanidine groups is 1. The van der Waals surface area contributed by atoms with Gasteiger partial charge in [-0.15, -0.1) is 11.3 Å². The predicted molar refractivity (Wildman–Crippen MR) is 111 cm³/mol. The minimum Gasteiger partial charge on any atom is -0.356 e. The van der Waals surface area contributed by atoms with E-state index in [4.69, 9.17) is 0 Å². The Morgan fingerprint density at radius 3 is 2.56 bits per heavy atom. The third-order valence-electron chi connectivity index (χ3n) is 4.49. The van der Waals surface area contributed by atoms with Crippen LogP contribution < -0.4 is 15.5 Å². The predicted octanol–water partition coefficient (Wildman–Crippen LogP) is 0.771. The topological polar surface area (TPSA) is 81.6 Å². The summed E-state index contributed by atoms with van der Waals surface area (Å²) in [6, 6.07) is 1.85. The first-order valence-electron chi connectivity index (χ1n) is 9.34. The Morgan fingerprint density at radius 2 is 1.89 bits per heavy atom. The van der Waals surface area contributed by atoms with Crippen LogP contribution in [-0.2, 0) is 6.42 Å². The molecule has 2 aromatic heterocycles. The van der Waals surface area contributed by atoms with Crippen molar-refractivity contribution in [1.82, 2.24) is 30.5 Å². The lowest BCUT2D eigenvalue weighted by Crippen LogP contribution is -2.49. The summed E-state index contributed by atoms with van der Waals surface area (Å²) in [6.07, 6.45) is 4.51. The number of nitrogens with zero attached hydrogens (tertiary/aromatic N) is 6. The molecule has 0 atom stereocenters. The first-order valence-corrected chi connectivity index (χ1v) is 10.2. The molecule has 1 aliphatic rings. The Balaban J connectivity index is 1.31. The zero-order valence-corrected chi connectivity index (χ0v) is 16.9. The molecule has 0 saturated carbocycles. The Kier molecular flexibility index (Phi) is 7.35. The van der Waals surface area contributed by atoms with Crippen molar-refractivity contribution in [3.63, 3.8) is 0 Å². The van der Waals surface area contributed by atoms with Crippen molar-refractivity contribution in [2.45, 2.75) is 13.3 Å². The maximum absolute atomic E-state index is 4.48. The van der Waals surface area contributed by atoms with Crippen molar-refractivity contribution in [2.75, 3.05) is 57.8 Å². The number of rotatable bonds is 7. The molecular formula is C18H28N8S. The van der Waals surface area contributed by atoms with Crippen LogP contribution in [0, 0.1) is 6.92 Å². The monoisotopic (exact) mass is 388 g/mol. The zero-order valence-electron chi connectivity index (χ0n) is 16.1. The van der Waals surface area contributed by atoms with Crippen LogP contribution >= 0.6 is 11.3 Å². The number of thiazole rings is 1. The second-order valence-corrected chi connectivity index (χ2v) is 7.47. The summed E-state index contributed by atoms with van der Waals surface area (Å²) >= 11 is 1.70. The van der Waals surface area contributed by atoms with Gasteiger partial charge in [0.1, 0.15) is 0 Å². The van der Waals surface area contributed by atoms with E-state index in [1.807, 2.05) is 13.0 Å². The van der Waals surface area contributed by atoms with Gasteiger partial charge in [0.05, 0.1) is 10.7 Å². The summed E-state index contributed by atoms with van der Waals surface area (Å²) in [5.74, 6) is 1.67. The van der Waals surface area contributed by atoms with E-state index in [0.717, 1.165) is 74.8 Å². The van der Waals surface area contributed by atoms with Crippen molar-refractivity contribution >= 4 is 23.2 Å². The zero-order chi connectivity index (χ0) is 18.9. The highest BCUT2D eigenvalue weighted by atomic mass is 32.1. The van der Waals surface area contributed by atoms with Gasteiger partial charge in [0.2, 0.25) is 5.95 Å². The molecular weight excluding hydrogens is 360 g/mol. The lowest BCUT2D eigenvalue weighted by atomic mass is 10.3. The average Bonchev–Trinajstić information content (AvgIpc) is 3.13. The molecule has 1 aliphatic heterocycles. The number of anilines is 1. The fourth-order valence-electron chi connectivity index (χ4n) is 3.01. The lowest BCUT2D eigenvalue weighted by Gasteiger charge is -2.34. The number of piperazine rings is 1. The lowest BCUT2D eigenvalue weighted by molar-refractivity contribution is 0.260. The molecule has 0 radical (unpaired) electrons. The standard InChI is InChI=1S/C18H28N8S/c1-15-24-16(14-27-15)4-7-20-17(19-2)21-8-9-25-10-12-26(13-11-25)18-22-5-3-6-23-18/h3,5-6,14H,4,7-13H2,1-2H3,(H2,19,20,21). The van der Waals surface area contributed by atoms with E-state index in [-0.39, 0.29) is 0 Å². The minimum absolute atomic E-state index is 0.829. The van der Waals surface area contributed by atoms with Gasteiger partial charge in [-0.05, 0) is 13.0 Å². The summed E-state index contributed by atoms with van der Waals surface area (Å²) in [5.41, 5.74) is 1.14. The second kappa shape index (κ2) is 10.2. The molecule has 27 heavy (non-hydrogen) atoms. The molecule has 0 amide bonds. The van der Waals surface area contributed by atoms with Crippen LogP contribution in [-0.4, -0.2) is 78.7 Å². The first kappa shape index (κ1) is 19.5. The smallest absolute Gasteiger partial charge is 0.225 e. The fourth-order valence-corrected chi connectivity index (χ4v) is 3.66. The van der Waals surface area contributed by atoms with Gasteiger partial charge in [-0.25, -0.2) is 15.0 Å². The molecule has 0 unspecified atom stereocenters. The van der Waals surface area contributed by atoms with Crippen molar-refractivity contribution in [2.24, 2.45) is 4.99 Å². The summed E-state index contributed by atoms with van der Waals surface area (Å²) in [7, 11) is 1.81. The highest BCUT2D eigenvalue weighted by Crippen LogP contribution is 2.09. The molecule has 0 spiro atoms. The molecule has 1 fully saturated rings. The molecule has 0 aromatic carbocycles. The molecule has 0 aliphatic carbocycles. The molecule has 9 heteroatoms. The first-order chi connectivity index (χ1) is 13.2. The quantitative estimate of drug-likeness (QED) is 0.536. The summed E-state index contributed by atoms with van der Waals surface area (Å²) in [6.45, 7) is 8.71. The van der Waals surface area contributed by atoms with E-state index in [1.54, 1.807) is 30.8 Å². The largest absolute Gasteiger partial charge is 0.356 e. The van der Waals surface area contributed by atoms with Crippen molar-refractivity contribution in [3.05, 3.63) is 34.5 Å². The van der Waals surface area contributed by atoms with Crippen LogP contribution in [0.25, 0.3) is 0 Å². The molecule has 146 valence electrons. The van der Waals surface area contributed by atoms with E-state index in [9.17, 15) is 0 Å². The molecule has 2 aromatic rings. The van der Waals surface area contributed by atoms with Crippen LogP contribution in [0.2, 0.25) is 0 Å². The van der Waals surface area contributed by atoms with Gasteiger partial charge in [0, 0.05) is 77.1 Å². The number of nitrogens with one attached hydrogen (secondary N) is 2. The molecule has 8 nitrogen and oxygen atoms in total. The SMILES string of the molecule is CN=C(NCCc1csc(C)n1)NCCN1CCN(c2ncccn2)CC1. The summed E-state index contributed by atoms with van der Waals surface area (Å²) in [5, 5.41) is 9.98. The van der Waals surface area contributed by atoms with Gasteiger partial charge in [-0.3, -0.25) is 9.89 Å². The average molecular weight is 389 g/mol. The third kappa shape index (κ3) is 6.14. The molecule has 3 heterocycles. The van der Waals surface area contributed by atoms with E-state index < -0.39 is 0 Å². The Morgan fingerprint density at radius 1 is 1.15 bits per heavy atom. The van der Waals surface area contributed by atoms with E-state index in [2.05, 4.69) is 45.8 Å². The maximum atomic E-state index is 4.48. The molecule has 2 N–H and O–H groups in total. The Hall–Kier alpha value is -2.26. The van der Waals surface area contributed by atoms with Crippen molar-refractivity contribution in [3.8, 4) is 0 Å². The normalized spacial score (nSPS) is 15.8.